The molecule has 0 heterocycles. The van der Waals surface area contributed by atoms with Gasteiger partial charge in [-0.25, -0.2) is 0 Å². The normalized spacial score (nSPS) is 19.2. The summed E-state index contributed by atoms with van der Waals surface area (Å²) in [7, 11) is 0. The first-order valence-electron chi connectivity index (χ1n) is 8.77. The minimum absolute atomic E-state index is 0.293. The number of hydrogen-bond donors (Lipinski definition) is 0. The molecule has 0 N–H and O–H groups in total. The predicted octanol–water partition coefficient (Wildman–Crippen LogP) is 7.17. The zero-order valence-corrected chi connectivity index (χ0v) is 15.6. The molecule has 0 nitrogen and oxygen atoms in total. The van der Waals surface area contributed by atoms with Gasteiger partial charge in [-0.3, -0.25) is 0 Å². The Hall–Kier alpha value is -0.300. The highest BCUT2D eigenvalue weighted by Gasteiger charge is 2.20. The van der Waals surface area contributed by atoms with Gasteiger partial charge in [-0.1, -0.05) is 99.5 Å². The minimum Gasteiger partial charge on any atom is -0.0839 e. The van der Waals surface area contributed by atoms with E-state index >= 15 is 0 Å². The van der Waals surface area contributed by atoms with Crippen molar-refractivity contribution in [2.45, 2.75) is 82.4 Å². The van der Waals surface area contributed by atoms with Gasteiger partial charge in [0.2, 0.25) is 0 Å². The Morgan fingerprint density at radius 2 is 1.62 bits per heavy atom. The molecule has 1 aliphatic carbocycles. The summed E-state index contributed by atoms with van der Waals surface area (Å²) in [5.41, 5.74) is 3.21. The van der Waals surface area contributed by atoms with Gasteiger partial charge in [0.1, 0.15) is 0 Å². The molecule has 1 heteroatoms. The van der Waals surface area contributed by atoms with Crippen LogP contribution in [0.1, 0.15) is 88.1 Å². The minimum atomic E-state index is 0.293. The lowest BCUT2D eigenvalue weighted by Crippen LogP contribution is -2.15. The SMILES string of the molecule is CCC(C)(C)c1ccc(C(Br)CC2CCCCCC2)cc1. The van der Waals surface area contributed by atoms with Crippen molar-refractivity contribution in [3.05, 3.63) is 35.4 Å². The molecule has 1 atom stereocenters. The molecular formula is C20H31Br. The molecule has 1 aromatic rings. The predicted molar refractivity (Wildman–Crippen MR) is 97.2 cm³/mol. The Morgan fingerprint density at radius 3 is 2.14 bits per heavy atom. The van der Waals surface area contributed by atoms with Crippen LogP contribution in [0.25, 0.3) is 0 Å². The second kappa shape index (κ2) is 7.81. The molecule has 1 aromatic carbocycles. The van der Waals surface area contributed by atoms with Gasteiger partial charge in [0.25, 0.3) is 0 Å². The molecule has 118 valence electrons. The zero-order valence-electron chi connectivity index (χ0n) is 14.0. The van der Waals surface area contributed by atoms with Crippen molar-refractivity contribution in [3.8, 4) is 0 Å². The summed E-state index contributed by atoms with van der Waals surface area (Å²) in [6.45, 7) is 6.94. The van der Waals surface area contributed by atoms with E-state index in [9.17, 15) is 0 Å². The Morgan fingerprint density at radius 1 is 1.05 bits per heavy atom. The fraction of sp³-hybridized carbons (Fsp3) is 0.700. The number of halogens is 1. The van der Waals surface area contributed by atoms with E-state index in [1.807, 2.05) is 0 Å². The third-order valence-corrected chi connectivity index (χ3v) is 6.36. The maximum absolute atomic E-state index is 3.94. The Bertz CT molecular complexity index is 410. The van der Waals surface area contributed by atoms with Crippen LogP contribution >= 0.6 is 15.9 Å². The summed E-state index contributed by atoms with van der Waals surface area (Å²) >= 11 is 3.94. The van der Waals surface area contributed by atoms with Crippen molar-refractivity contribution in [2.75, 3.05) is 0 Å². The summed E-state index contributed by atoms with van der Waals surface area (Å²) in [5.74, 6) is 0.920. The molecule has 1 fully saturated rings. The number of benzene rings is 1. The summed E-state index contributed by atoms with van der Waals surface area (Å²) in [4.78, 5) is 0.527. The molecule has 21 heavy (non-hydrogen) atoms. The van der Waals surface area contributed by atoms with Crippen molar-refractivity contribution in [1.82, 2.24) is 0 Å². The molecule has 2 rings (SSSR count). The molecule has 0 aliphatic heterocycles. The highest BCUT2D eigenvalue weighted by atomic mass is 79.9. The van der Waals surface area contributed by atoms with Crippen molar-refractivity contribution in [3.63, 3.8) is 0 Å². The second-order valence-electron chi connectivity index (χ2n) is 7.42. The fourth-order valence-corrected chi connectivity index (χ4v) is 4.21. The summed E-state index contributed by atoms with van der Waals surface area (Å²) in [5, 5.41) is 0. The lowest BCUT2D eigenvalue weighted by Gasteiger charge is -2.24. The van der Waals surface area contributed by atoms with Gasteiger partial charge in [0.15, 0.2) is 0 Å². The Balaban J connectivity index is 1.97. The monoisotopic (exact) mass is 350 g/mol. The van der Waals surface area contributed by atoms with Gasteiger partial charge in [0, 0.05) is 4.83 Å². The third kappa shape index (κ3) is 4.84. The summed E-state index contributed by atoms with van der Waals surface area (Å²) < 4.78 is 0. The van der Waals surface area contributed by atoms with Crippen LogP contribution in [0, 0.1) is 5.92 Å². The molecule has 1 aliphatic rings. The van der Waals surface area contributed by atoms with Gasteiger partial charge in [-0.2, -0.15) is 0 Å². The summed E-state index contributed by atoms with van der Waals surface area (Å²) in [6.07, 6.45) is 11.1. The highest BCUT2D eigenvalue weighted by Crippen LogP contribution is 2.36. The maximum Gasteiger partial charge on any atom is 0.0397 e. The van der Waals surface area contributed by atoms with E-state index in [0.29, 0.717) is 10.2 Å². The molecule has 0 saturated heterocycles. The Labute approximate surface area is 139 Å². The highest BCUT2D eigenvalue weighted by molar-refractivity contribution is 9.09. The van der Waals surface area contributed by atoms with E-state index in [1.54, 1.807) is 0 Å². The van der Waals surface area contributed by atoms with Crippen LogP contribution in [0.3, 0.4) is 0 Å². The van der Waals surface area contributed by atoms with Crippen LogP contribution in [0.15, 0.2) is 24.3 Å². The average molecular weight is 351 g/mol. The van der Waals surface area contributed by atoms with Gasteiger partial charge >= 0.3 is 0 Å². The van der Waals surface area contributed by atoms with Crippen LogP contribution in [0.2, 0.25) is 0 Å². The molecular weight excluding hydrogens is 320 g/mol. The average Bonchev–Trinajstić information content (AvgIpc) is 2.76. The first-order chi connectivity index (χ1) is 10.0. The van der Waals surface area contributed by atoms with Crippen molar-refractivity contribution >= 4 is 15.9 Å². The van der Waals surface area contributed by atoms with Gasteiger partial charge in [-0.05, 0) is 35.3 Å². The molecule has 0 spiro atoms. The van der Waals surface area contributed by atoms with E-state index in [-0.39, 0.29) is 0 Å². The first-order valence-corrected chi connectivity index (χ1v) is 9.69. The standard InChI is InChI=1S/C20H31Br/c1-4-20(2,3)18-13-11-17(12-14-18)19(21)15-16-9-7-5-6-8-10-16/h11-14,16,19H,4-10,15H2,1-3H3. The van der Waals surface area contributed by atoms with Crippen LogP contribution < -0.4 is 0 Å². The molecule has 0 aromatic heterocycles. The smallest absolute Gasteiger partial charge is 0.0397 e. The van der Waals surface area contributed by atoms with E-state index < -0.39 is 0 Å². The molecule has 1 saturated carbocycles. The van der Waals surface area contributed by atoms with E-state index in [1.165, 1.54) is 62.5 Å². The van der Waals surface area contributed by atoms with E-state index in [4.69, 9.17) is 0 Å². The van der Waals surface area contributed by atoms with Crippen molar-refractivity contribution < 1.29 is 0 Å². The third-order valence-electron chi connectivity index (χ3n) is 5.45. The lowest BCUT2D eigenvalue weighted by atomic mass is 9.82. The molecule has 1 unspecified atom stereocenters. The lowest BCUT2D eigenvalue weighted by molar-refractivity contribution is 0.427. The van der Waals surface area contributed by atoms with Crippen molar-refractivity contribution in [2.24, 2.45) is 5.92 Å². The zero-order chi connectivity index (χ0) is 15.3. The number of alkyl halides is 1. The van der Waals surface area contributed by atoms with E-state index in [0.717, 1.165) is 5.92 Å². The Kier molecular flexibility index (Phi) is 6.34. The fourth-order valence-electron chi connectivity index (χ4n) is 3.38. The van der Waals surface area contributed by atoms with Crippen LogP contribution in [-0.2, 0) is 5.41 Å². The first kappa shape index (κ1) is 17.1. The van der Waals surface area contributed by atoms with E-state index in [2.05, 4.69) is 61.0 Å². The summed E-state index contributed by atoms with van der Waals surface area (Å²) in [6, 6.07) is 9.34. The maximum atomic E-state index is 3.94. The quantitative estimate of drug-likeness (QED) is 0.390. The number of rotatable bonds is 5. The molecule has 0 amide bonds. The molecule has 0 radical (unpaired) electrons. The molecule has 0 bridgehead atoms. The largest absolute Gasteiger partial charge is 0.0839 e. The second-order valence-corrected chi connectivity index (χ2v) is 8.53. The van der Waals surface area contributed by atoms with Crippen LogP contribution in [0.5, 0.6) is 0 Å². The van der Waals surface area contributed by atoms with Crippen LogP contribution in [0.4, 0.5) is 0 Å². The topological polar surface area (TPSA) is 0 Å². The van der Waals surface area contributed by atoms with Crippen LogP contribution in [-0.4, -0.2) is 0 Å². The number of hydrogen-bond acceptors (Lipinski definition) is 0. The van der Waals surface area contributed by atoms with Gasteiger partial charge < -0.3 is 0 Å². The van der Waals surface area contributed by atoms with Gasteiger partial charge in [0.05, 0.1) is 0 Å². The van der Waals surface area contributed by atoms with Crippen molar-refractivity contribution in [1.29, 1.82) is 0 Å². The van der Waals surface area contributed by atoms with Gasteiger partial charge in [-0.15, -0.1) is 0 Å².